The number of amides is 1. The largest absolute Gasteiger partial charge is 0.494 e. The third-order valence-corrected chi connectivity index (χ3v) is 4.73. The van der Waals surface area contributed by atoms with Gasteiger partial charge in [-0.3, -0.25) is 4.79 Å². The first-order valence-corrected chi connectivity index (χ1v) is 9.44. The summed E-state index contributed by atoms with van der Waals surface area (Å²) in [5.41, 5.74) is 3.73. The summed E-state index contributed by atoms with van der Waals surface area (Å²) in [6.07, 6.45) is 4.18. The van der Waals surface area contributed by atoms with Crippen molar-refractivity contribution in [2.45, 2.75) is 52.2 Å². The van der Waals surface area contributed by atoms with Crippen molar-refractivity contribution in [3.8, 4) is 11.5 Å². The van der Waals surface area contributed by atoms with Crippen molar-refractivity contribution in [2.24, 2.45) is 0 Å². The molecule has 0 unspecified atom stereocenters. The van der Waals surface area contributed by atoms with Gasteiger partial charge in [0.15, 0.2) is 6.10 Å². The molecule has 1 aliphatic rings. The standard InChI is InChI=1S/C22H27NO3/c1-3-25-21-11-7-6-10-19(21)15-23-22(24)16(2)26-20-13-12-17-8-4-5-9-18(17)14-20/h6-7,10-14,16H,3-5,8-9,15H2,1-2H3,(H,23,24)/t16-/m1/s1. The molecule has 138 valence electrons. The van der Waals surface area contributed by atoms with Crippen LogP contribution < -0.4 is 14.8 Å². The maximum Gasteiger partial charge on any atom is 0.261 e. The highest BCUT2D eigenvalue weighted by Crippen LogP contribution is 2.26. The van der Waals surface area contributed by atoms with Gasteiger partial charge in [-0.25, -0.2) is 0 Å². The first-order chi connectivity index (χ1) is 12.7. The second kappa shape index (κ2) is 8.75. The molecule has 0 aromatic heterocycles. The Hall–Kier alpha value is -2.49. The third kappa shape index (κ3) is 4.57. The van der Waals surface area contributed by atoms with Gasteiger partial charge in [0.2, 0.25) is 0 Å². The minimum absolute atomic E-state index is 0.131. The number of benzene rings is 2. The van der Waals surface area contributed by atoms with Crippen molar-refractivity contribution in [1.82, 2.24) is 5.32 Å². The van der Waals surface area contributed by atoms with Crippen LogP contribution in [0.3, 0.4) is 0 Å². The van der Waals surface area contributed by atoms with Crippen LogP contribution in [0.1, 0.15) is 43.4 Å². The highest BCUT2D eigenvalue weighted by Gasteiger charge is 2.17. The zero-order chi connectivity index (χ0) is 18.4. The summed E-state index contributed by atoms with van der Waals surface area (Å²) >= 11 is 0. The van der Waals surface area contributed by atoms with Gasteiger partial charge in [-0.2, -0.15) is 0 Å². The SMILES string of the molecule is CCOc1ccccc1CNC(=O)[C@@H](C)Oc1ccc2c(c1)CCCC2. The van der Waals surface area contributed by atoms with Gasteiger partial charge in [-0.15, -0.1) is 0 Å². The summed E-state index contributed by atoms with van der Waals surface area (Å²) in [7, 11) is 0. The molecule has 1 aliphatic carbocycles. The van der Waals surface area contributed by atoms with E-state index >= 15 is 0 Å². The van der Waals surface area contributed by atoms with Crippen LogP contribution in [-0.4, -0.2) is 18.6 Å². The van der Waals surface area contributed by atoms with Crippen LogP contribution >= 0.6 is 0 Å². The van der Waals surface area contributed by atoms with Crippen molar-refractivity contribution < 1.29 is 14.3 Å². The van der Waals surface area contributed by atoms with Gasteiger partial charge < -0.3 is 14.8 Å². The van der Waals surface area contributed by atoms with Crippen molar-refractivity contribution in [3.05, 3.63) is 59.2 Å². The molecule has 2 aromatic carbocycles. The van der Waals surface area contributed by atoms with Crippen LogP contribution in [0.5, 0.6) is 11.5 Å². The summed E-state index contributed by atoms with van der Waals surface area (Å²) in [6.45, 7) is 4.75. The number of nitrogens with one attached hydrogen (secondary N) is 1. The van der Waals surface area contributed by atoms with E-state index in [1.807, 2.05) is 37.3 Å². The Balaban J connectivity index is 1.57. The number of para-hydroxylation sites is 1. The predicted octanol–water partition coefficient (Wildman–Crippen LogP) is 4.05. The van der Waals surface area contributed by atoms with E-state index in [1.54, 1.807) is 6.92 Å². The molecule has 4 nitrogen and oxygen atoms in total. The Morgan fingerprint density at radius 3 is 2.69 bits per heavy atom. The minimum atomic E-state index is -0.545. The molecule has 0 fully saturated rings. The van der Waals surface area contributed by atoms with Crippen molar-refractivity contribution in [3.63, 3.8) is 0 Å². The minimum Gasteiger partial charge on any atom is -0.494 e. The quantitative estimate of drug-likeness (QED) is 0.817. The molecule has 0 saturated carbocycles. The van der Waals surface area contributed by atoms with Gasteiger partial charge in [0.1, 0.15) is 11.5 Å². The fourth-order valence-electron chi connectivity index (χ4n) is 3.31. The molecule has 1 atom stereocenters. The highest BCUT2D eigenvalue weighted by molar-refractivity contribution is 5.80. The maximum absolute atomic E-state index is 12.4. The summed E-state index contributed by atoms with van der Waals surface area (Å²) in [4.78, 5) is 12.4. The van der Waals surface area contributed by atoms with Crippen LogP contribution in [0.25, 0.3) is 0 Å². The molecule has 0 aliphatic heterocycles. The Morgan fingerprint density at radius 2 is 1.88 bits per heavy atom. The second-order valence-electron chi connectivity index (χ2n) is 6.66. The van der Waals surface area contributed by atoms with Gasteiger partial charge in [0.25, 0.3) is 5.91 Å². The van der Waals surface area contributed by atoms with E-state index < -0.39 is 6.10 Å². The van der Waals surface area contributed by atoms with Crippen LogP contribution in [0.4, 0.5) is 0 Å². The van der Waals surface area contributed by atoms with E-state index in [4.69, 9.17) is 9.47 Å². The van der Waals surface area contributed by atoms with Gasteiger partial charge >= 0.3 is 0 Å². The number of rotatable bonds is 7. The highest BCUT2D eigenvalue weighted by atomic mass is 16.5. The molecular formula is C22H27NO3. The predicted molar refractivity (Wildman–Crippen MR) is 103 cm³/mol. The Labute approximate surface area is 155 Å². The fourth-order valence-corrected chi connectivity index (χ4v) is 3.31. The number of hydrogen-bond acceptors (Lipinski definition) is 3. The van der Waals surface area contributed by atoms with Crippen LogP contribution in [0.15, 0.2) is 42.5 Å². The Bertz CT molecular complexity index is 757. The topological polar surface area (TPSA) is 47.6 Å². The molecule has 1 N–H and O–H groups in total. The number of fused-ring (bicyclic) bond motifs is 1. The average molecular weight is 353 g/mol. The zero-order valence-corrected chi connectivity index (χ0v) is 15.6. The normalized spacial score (nSPS) is 14.2. The fraction of sp³-hybridized carbons (Fsp3) is 0.409. The molecule has 0 spiro atoms. The van der Waals surface area contributed by atoms with Crippen molar-refractivity contribution in [2.75, 3.05) is 6.61 Å². The van der Waals surface area contributed by atoms with Crippen LogP contribution in [0.2, 0.25) is 0 Å². The smallest absolute Gasteiger partial charge is 0.261 e. The first-order valence-electron chi connectivity index (χ1n) is 9.44. The van der Waals surface area contributed by atoms with Gasteiger partial charge in [0.05, 0.1) is 6.61 Å². The molecule has 1 amide bonds. The Morgan fingerprint density at radius 1 is 1.12 bits per heavy atom. The maximum atomic E-state index is 12.4. The number of carbonyl (C=O) groups is 1. The molecule has 4 heteroatoms. The van der Waals surface area contributed by atoms with E-state index in [0.717, 1.165) is 29.9 Å². The molecular weight excluding hydrogens is 326 g/mol. The second-order valence-corrected chi connectivity index (χ2v) is 6.66. The average Bonchev–Trinajstić information content (AvgIpc) is 2.67. The number of aryl methyl sites for hydroxylation is 2. The van der Waals surface area contributed by atoms with Gasteiger partial charge in [0, 0.05) is 12.1 Å². The number of hydrogen-bond donors (Lipinski definition) is 1. The van der Waals surface area contributed by atoms with Gasteiger partial charge in [-0.1, -0.05) is 24.3 Å². The summed E-state index contributed by atoms with van der Waals surface area (Å²) in [6, 6.07) is 13.9. The van der Waals surface area contributed by atoms with Crippen molar-refractivity contribution >= 4 is 5.91 Å². The van der Waals surface area contributed by atoms with E-state index in [9.17, 15) is 4.79 Å². The Kier molecular flexibility index (Phi) is 6.16. The summed E-state index contributed by atoms with van der Waals surface area (Å²) < 4.78 is 11.5. The first kappa shape index (κ1) is 18.3. The van der Waals surface area contributed by atoms with E-state index in [2.05, 4.69) is 17.4 Å². The lowest BCUT2D eigenvalue weighted by molar-refractivity contribution is -0.127. The van der Waals surface area contributed by atoms with Crippen molar-refractivity contribution in [1.29, 1.82) is 0 Å². The summed E-state index contributed by atoms with van der Waals surface area (Å²) in [5, 5.41) is 2.94. The van der Waals surface area contributed by atoms with E-state index in [1.165, 1.54) is 24.0 Å². The molecule has 26 heavy (non-hydrogen) atoms. The number of carbonyl (C=O) groups excluding carboxylic acids is 1. The van der Waals surface area contributed by atoms with Crippen LogP contribution in [0, 0.1) is 0 Å². The number of ether oxygens (including phenoxy) is 2. The molecule has 0 saturated heterocycles. The molecule has 0 radical (unpaired) electrons. The van der Waals surface area contributed by atoms with E-state index in [-0.39, 0.29) is 5.91 Å². The monoisotopic (exact) mass is 353 g/mol. The zero-order valence-electron chi connectivity index (χ0n) is 15.6. The molecule has 0 heterocycles. The van der Waals surface area contributed by atoms with E-state index in [0.29, 0.717) is 13.2 Å². The molecule has 0 bridgehead atoms. The lowest BCUT2D eigenvalue weighted by atomic mass is 9.92. The molecule has 3 rings (SSSR count). The summed E-state index contributed by atoms with van der Waals surface area (Å²) in [5.74, 6) is 1.44. The van der Waals surface area contributed by atoms with Crippen LogP contribution in [-0.2, 0) is 24.2 Å². The third-order valence-electron chi connectivity index (χ3n) is 4.73. The lowest BCUT2D eigenvalue weighted by Gasteiger charge is -2.19. The molecule has 2 aromatic rings. The lowest BCUT2D eigenvalue weighted by Crippen LogP contribution is -2.36. The van der Waals surface area contributed by atoms with Gasteiger partial charge in [-0.05, 0) is 68.9 Å².